The summed E-state index contributed by atoms with van der Waals surface area (Å²) in [6, 6.07) is 12.8. The van der Waals surface area contributed by atoms with Crippen LogP contribution in [0.3, 0.4) is 0 Å². The molecule has 7 heteroatoms. The van der Waals surface area contributed by atoms with E-state index in [1.54, 1.807) is 31.2 Å². The van der Waals surface area contributed by atoms with Gasteiger partial charge in [-0.25, -0.2) is 18.5 Å². The highest BCUT2D eigenvalue weighted by molar-refractivity contribution is 6.26. The summed E-state index contributed by atoms with van der Waals surface area (Å²) < 4.78 is 18.6. The van der Waals surface area contributed by atoms with Gasteiger partial charge in [-0.2, -0.15) is 5.26 Å². The molecule has 0 bridgehead atoms. The Balaban J connectivity index is 2.32. The number of benzene rings is 2. The van der Waals surface area contributed by atoms with E-state index < -0.39 is 22.2 Å². The molecule has 0 aliphatic carbocycles. The topological polar surface area (TPSA) is 87.4 Å². The van der Waals surface area contributed by atoms with Gasteiger partial charge in [0.2, 0.25) is 0 Å². The van der Waals surface area contributed by atoms with E-state index in [1.807, 2.05) is 0 Å². The Labute approximate surface area is 167 Å². The highest BCUT2D eigenvalue weighted by atomic mass is 19.1. The Morgan fingerprint density at radius 3 is 2.66 bits per heavy atom. The molecule has 3 rings (SSSR count). The van der Waals surface area contributed by atoms with Crippen LogP contribution in [-0.2, 0) is 20.9 Å². The number of ether oxygens (including phenoxy) is 1. The molecule has 0 aromatic heterocycles. The smallest absolute Gasteiger partial charge is 0.359 e. The minimum atomic E-state index is -1.32. The summed E-state index contributed by atoms with van der Waals surface area (Å²) in [5.74, 6) is -2.38. The first kappa shape index (κ1) is 20.4. The van der Waals surface area contributed by atoms with E-state index in [1.165, 1.54) is 25.3 Å². The number of carbonyl (C=O) groups excluding carboxylic acids is 1. The molecule has 1 aliphatic rings. The normalized spacial score (nSPS) is 18.3. The van der Waals surface area contributed by atoms with Crippen molar-refractivity contribution in [2.24, 2.45) is 0 Å². The Morgan fingerprint density at radius 1 is 1.28 bits per heavy atom. The summed E-state index contributed by atoms with van der Waals surface area (Å²) in [4.78, 5) is 25.5. The van der Waals surface area contributed by atoms with Crippen LogP contribution in [0.15, 0.2) is 48.0 Å². The van der Waals surface area contributed by atoms with E-state index in [0.717, 1.165) is 0 Å². The van der Waals surface area contributed by atoms with E-state index in [0.29, 0.717) is 28.0 Å². The lowest BCUT2D eigenvalue weighted by Crippen LogP contribution is -2.58. The van der Waals surface area contributed by atoms with Crippen molar-refractivity contribution >= 4 is 23.1 Å². The standard InChI is InChI=1S/C22H19FN2O4/c1-14-18-7-6-15(12-24)11-19(18)25(8-9-29-2,21(26)20(14)22(27)28)13-16-4-3-5-17(23)10-16/h3-7,10-11H,8-9,13H2,1-2H3/p+1. The van der Waals surface area contributed by atoms with Crippen LogP contribution in [0.5, 0.6) is 0 Å². The molecule has 2 aromatic rings. The first-order valence-corrected chi connectivity index (χ1v) is 8.98. The Hall–Kier alpha value is -3.34. The fraction of sp³-hybridized carbons (Fsp3) is 0.227. The lowest BCUT2D eigenvalue weighted by Gasteiger charge is -2.39. The Morgan fingerprint density at radius 2 is 2.03 bits per heavy atom. The van der Waals surface area contributed by atoms with E-state index in [-0.39, 0.29) is 25.3 Å². The van der Waals surface area contributed by atoms with Gasteiger partial charge in [-0.3, -0.25) is 0 Å². The summed E-state index contributed by atoms with van der Waals surface area (Å²) >= 11 is 0. The molecule has 0 saturated carbocycles. The van der Waals surface area contributed by atoms with E-state index in [9.17, 15) is 24.3 Å². The number of carboxylic acid groups (broad SMARTS) is 1. The summed E-state index contributed by atoms with van der Waals surface area (Å²) in [6.45, 7) is 1.92. The van der Waals surface area contributed by atoms with Gasteiger partial charge >= 0.3 is 11.9 Å². The highest BCUT2D eigenvalue weighted by Crippen LogP contribution is 2.42. The second-order valence-corrected chi connectivity index (χ2v) is 6.93. The van der Waals surface area contributed by atoms with Crippen LogP contribution >= 0.6 is 0 Å². The van der Waals surface area contributed by atoms with Crippen molar-refractivity contribution in [1.29, 1.82) is 5.26 Å². The van der Waals surface area contributed by atoms with Crippen LogP contribution in [0, 0.1) is 17.1 Å². The summed E-state index contributed by atoms with van der Waals surface area (Å²) in [5.41, 5.74) is 2.00. The van der Waals surface area contributed by atoms with E-state index >= 15 is 0 Å². The number of carboxylic acids is 1. The molecular formula is C22H20FN2O4+. The number of aliphatic carboxylic acids is 1. The summed E-state index contributed by atoms with van der Waals surface area (Å²) in [7, 11) is 1.49. The number of methoxy groups -OCH3 is 1. The molecule has 29 heavy (non-hydrogen) atoms. The number of halogens is 1. The van der Waals surface area contributed by atoms with Crippen LogP contribution in [-0.4, -0.2) is 37.2 Å². The quantitative estimate of drug-likeness (QED) is 0.599. The average molecular weight is 395 g/mol. The third kappa shape index (κ3) is 3.56. The van der Waals surface area contributed by atoms with Crippen LogP contribution in [0.25, 0.3) is 5.57 Å². The second-order valence-electron chi connectivity index (χ2n) is 6.93. The second kappa shape index (κ2) is 7.95. The van der Waals surface area contributed by atoms with Crippen molar-refractivity contribution in [3.63, 3.8) is 0 Å². The molecule has 1 aliphatic heterocycles. The number of nitrogens with zero attached hydrogens (tertiary/aromatic N) is 2. The first-order chi connectivity index (χ1) is 13.8. The van der Waals surface area contributed by atoms with Crippen molar-refractivity contribution in [3.05, 3.63) is 70.5 Å². The third-order valence-electron chi connectivity index (χ3n) is 5.20. The van der Waals surface area contributed by atoms with Gasteiger partial charge in [-0.15, -0.1) is 0 Å². The molecule has 6 nitrogen and oxygen atoms in total. The van der Waals surface area contributed by atoms with Crippen LogP contribution in [0.2, 0.25) is 0 Å². The van der Waals surface area contributed by atoms with Gasteiger partial charge in [0.1, 0.15) is 24.6 Å². The minimum Gasteiger partial charge on any atom is -0.477 e. The SMILES string of the molecule is COCC[N+]1(Cc2cccc(F)c2)C(=O)C(C(=O)O)=C(C)c2ccc(C#N)cc21. The van der Waals surface area contributed by atoms with Gasteiger partial charge < -0.3 is 9.84 Å². The Bertz CT molecular complexity index is 1070. The number of hydrogen-bond acceptors (Lipinski definition) is 4. The number of hydrogen-bond donors (Lipinski definition) is 1. The van der Waals surface area contributed by atoms with Gasteiger partial charge in [0.05, 0.1) is 18.2 Å². The van der Waals surface area contributed by atoms with Gasteiger partial charge in [0, 0.05) is 24.3 Å². The number of nitriles is 1. The largest absolute Gasteiger partial charge is 0.477 e. The number of fused-ring (bicyclic) bond motifs is 1. The zero-order valence-corrected chi connectivity index (χ0v) is 16.1. The molecule has 148 valence electrons. The zero-order chi connectivity index (χ0) is 21.2. The molecule has 1 unspecified atom stereocenters. The van der Waals surface area contributed by atoms with E-state index in [4.69, 9.17) is 4.74 Å². The highest BCUT2D eigenvalue weighted by Gasteiger charge is 2.49. The summed E-state index contributed by atoms with van der Waals surface area (Å²) in [6.07, 6.45) is 0. The molecular weight excluding hydrogens is 375 g/mol. The molecule has 0 spiro atoms. The fourth-order valence-corrected chi connectivity index (χ4v) is 3.79. The number of allylic oxidation sites excluding steroid dienone is 1. The fourth-order valence-electron chi connectivity index (χ4n) is 3.79. The van der Waals surface area contributed by atoms with Crippen molar-refractivity contribution in [2.75, 3.05) is 20.3 Å². The van der Waals surface area contributed by atoms with Crippen LogP contribution < -0.4 is 4.48 Å². The molecule has 0 radical (unpaired) electrons. The predicted octanol–water partition coefficient (Wildman–Crippen LogP) is 3.25. The molecule has 1 N–H and O–H groups in total. The van der Waals surface area contributed by atoms with Gasteiger partial charge in [0.25, 0.3) is 0 Å². The monoisotopic (exact) mass is 395 g/mol. The van der Waals surface area contributed by atoms with Crippen LogP contribution in [0.1, 0.15) is 23.6 Å². The number of rotatable bonds is 6. The number of amides is 1. The molecule has 1 atom stereocenters. The first-order valence-electron chi connectivity index (χ1n) is 8.98. The third-order valence-corrected chi connectivity index (χ3v) is 5.20. The maximum absolute atomic E-state index is 13.8. The maximum atomic E-state index is 13.8. The minimum absolute atomic E-state index is 0.0336. The molecule has 0 saturated heterocycles. The molecule has 2 aromatic carbocycles. The number of quaternary nitrogens is 1. The van der Waals surface area contributed by atoms with Crippen LogP contribution in [0.4, 0.5) is 10.1 Å². The molecule has 1 heterocycles. The van der Waals surface area contributed by atoms with E-state index in [2.05, 4.69) is 6.07 Å². The van der Waals surface area contributed by atoms with Gasteiger partial charge in [0.15, 0.2) is 5.57 Å². The predicted molar refractivity (Wildman–Crippen MR) is 105 cm³/mol. The average Bonchev–Trinajstić information content (AvgIpc) is 2.69. The maximum Gasteiger partial charge on any atom is 0.359 e. The van der Waals surface area contributed by atoms with Crippen molar-refractivity contribution in [1.82, 2.24) is 4.48 Å². The van der Waals surface area contributed by atoms with Gasteiger partial charge in [-0.05, 0) is 36.8 Å². The summed E-state index contributed by atoms with van der Waals surface area (Å²) in [5, 5.41) is 19.1. The number of carbonyl (C=O) groups is 2. The van der Waals surface area contributed by atoms with Crippen molar-refractivity contribution < 1.29 is 23.8 Å². The van der Waals surface area contributed by atoms with Gasteiger partial charge in [-0.1, -0.05) is 12.1 Å². The molecule has 0 fully saturated rings. The zero-order valence-electron chi connectivity index (χ0n) is 16.1. The lowest BCUT2D eigenvalue weighted by atomic mass is 9.90. The van der Waals surface area contributed by atoms with Crippen molar-refractivity contribution in [3.8, 4) is 6.07 Å². The lowest BCUT2D eigenvalue weighted by molar-refractivity contribution is -0.137. The molecule has 1 amide bonds. The Kier molecular flexibility index (Phi) is 5.59. The van der Waals surface area contributed by atoms with Crippen molar-refractivity contribution in [2.45, 2.75) is 13.5 Å².